The lowest BCUT2D eigenvalue weighted by atomic mass is 10.00. The minimum Gasteiger partial charge on any atom is -0.398 e. The molecule has 0 radical (unpaired) electrons. The number of aliphatic hydroxyl groups excluding tert-OH is 1. The Bertz CT molecular complexity index is 677. The van der Waals surface area contributed by atoms with Gasteiger partial charge in [-0.3, -0.25) is 0 Å². The van der Waals surface area contributed by atoms with Crippen LogP contribution in [0.5, 0.6) is 0 Å². The number of aliphatic hydroxyl groups is 1. The summed E-state index contributed by atoms with van der Waals surface area (Å²) in [7, 11) is -3.57. The first-order valence-electron chi connectivity index (χ1n) is 7.04. The molecule has 7 heteroatoms. The van der Waals surface area contributed by atoms with Crippen molar-refractivity contribution >= 4 is 31.6 Å². The Morgan fingerprint density at radius 2 is 2.05 bits per heavy atom. The van der Waals surface area contributed by atoms with E-state index < -0.39 is 10.0 Å². The maximum atomic E-state index is 12.9. The average molecular weight is 375 g/mol. The van der Waals surface area contributed by atoms with Gasteiger partial charge < -0.3 is 10.8 Å². The summed E-state index contributed by atoms with van der Waals surface area (Å²) in [5, 5.41) is 9.95. The molecule has 0 spiro atoms. The summed E-state index contributed by atoms with van der Waals surface area (Å²) >= 11 is 3.30. The van der Waals surface area contributed by atoms with Crippen molar-refractivity contribution in [2.45, 2.75) is 30.8 Å². The first-order chi connectivity index (χ1) is 9.80. The first-order valence-corrected chi connectivity index (χ1v) is 9.28. The van der Waals surface area contributed by atoms with Gasteiger partial charge >= 0.3 is 0 Å². The molecule has 1 aliphatic heterocycles. The van der Waals surface area contributed by atoms with Crippen molar-refractivity contribution in [3.05, 3.63) is 22.2 Å². The van der Waals surface area contributed by atoms with E-state index in [4.69, 9.17) is 5.73 Å². The van der Waals surface area contributed by atoms with E-state index in [1.807, 2.05) is 0 Å². The van der Waals surface area contributed by atoms with Gasteiger partial charge in [0.15, 0.2) is 0 Å². The van der Waals surface area contributed by atoms with Gasteiger partial charge in [-0.15, -0.1) is 0 Å². The van der Waals surface area contributed by atoms with Crippen molar-refractivity contribution < 1.29 is 13.5 Å². The van der Waals surface area contributed by atoms with Crippen molar-refractivity contribution in [1.82, 2.24) is 4.31 Å². The van der Waals surface area contributed by atoms with Crippen molar-refractivity contribution in [2.24, 2.45) is 11.8 Å². The molecular weight excluding hydrogens is 356 g/mol. The lowest BCUT2D eigenvalue weighted by molar-refractivity contribution is 0.129. The maximum Gasteiger partial charge on any atom is 0.243 e. The minimum absolute atomic E-state index is 0.0737. The van der Waals surface area contributed by atoms with E-state index in [0.717, 1.165) is 12.8 Å². The maximum absolute atomic E-state index is 12.9. The Labute approximate surface area is 133 Å². The summed E-state index contributed by atoms with van der Waals surface area (Å²) < 4.78 is 27.9. The molecule has 1 saturated carbocycles. The second-order valence-corrected chi connectivity index (χ2v) is 8.83. The predicted molar refractivity (Wildman–Crippen MR) is 84.3 cm³/mol. The predicted octanol–water partition coefficient (Wildman–Crippen LogP) is 1.73. The molecular formula is C14H19BrN2O3S. The van der Waals surface area contributed by atoms with Gasteiger partial charge in [-0.05, 0) is 43.4 Å². The van der Waals surface area contributed by atoms with Gasteiger partial charge in [0.1, 0.15) is 0 Å². The Balaban J connectivity index is 1.96. The number of sulfonamides is 1. The molecule has 1 aromatic carbocycles. The molecule has 2 fully saturated rings. The fourth-order valence-corrected chi connectivity index (χ4v) is 5.92. The van der Waals surface area contributed by atoms with Crippen LogP contribution in [-0.2, 0) is 10.0 Å². The highest BCUT2D eigenvalue weighted by Crippen LogP contribution is 2.41. The molecule has 3 rings (SSSR count). The number of nitrogens with zero attached hydrogens (tertiary/aromatic N) is 1. The van der Waals surface area contributed by atoms with Gasteiger partial charge in [-0.2, -0.15) is 4.31 Å². The fourth-order valence-electron chi connectivity index (χ4n) is 3.47. The number of benzene rings is 1. The van der Waals surface area contributed by atoms with Gasteiger partial charge in [0.25, 0.3) is 0 Å². The molecule has 0 amide bonds. The number of nitrogen functional groups attached to an aromatic ring is 1. The van der Waals surface area contributed by atoms with E-state index in [9.17, 15) is 13.5 Å². The number of rotatable bonds is 2. The van der Waals surface area contributed by atoms with E-state index in [-0.39, 0.29) is 22.8 Å². The van der Waals surface area contributed by atoms with E-state index in [2.05, 4.69) is 15.9 Å². The fraction of sp³-hybridized carbons (Fsp3) is 0.571. The normalized spacial score (nSPS) is 29.8. The van der Waals surface area contributed by atoms with Crippen molar-refractivity contribution in [2.75, 3.05) is 18.8 Å². The highest BCUT2D eigenvalue weighted by Gasteiger charge is 2.46. The zero-order valence-electron chi connectivity index (χ0n) is 11.8. The monoisotopic (exact) mass is 374 g/mol. The summed E-state index contributed by atoms with van der Waals surface area (Å²) in [6.45, 7) is 2.62. The van der Waals surface area contributed by atoms with Crippen LogP contribution in [0.3, 0.4) is 0 Å². The van der Waals surface area contributed by atoms with E-state index in [0.29, 0.717) is 28.8 Å². The molecule has 0 bridgehead atoms. The van der Waals surface area contributed by atoms with Crippen LogP contribution < -0.4 is 5.73 Å². The van der Waals surface area contributed by atoms with Gasteiger partial charge in [-0.25, -0.2) is 8.42 Å². The highest BCUT2D eigenvalue weighted by molar-refractivity contribution is 9.10. The second-order valence-electron chi connectivity index (χ2n) is 6.01. The molecule has 1 saturated heterocycles. The molecule has 1 aliphatic carbocycles. The van der Waals surface area contributed by atoms with Crippen LogP contribution in [0.1, 0.15) is 18.4 Å². The third-order valence-electron chi connectivity index (χ3n) is 4.77. The van der Waals surface area contributed by atoms with E-state index in [1.54, 1.807) is 19.1 Å². The molecule has 116 valence electrons. The number of halogens is 1. The zero-order chi connectivity index (χ0) is 15.4. The number of hydrogen-bond donors (Lipinski definition) is 2. The Kier molecular flexibility index (Phi) is 3.80. The quantitative estimate of drug-likeness (QED) is 0.772. The number of fused-ring (bicyclic) bond motifs is 1. The standard InChI is InChI=1S/C14H19BrN2O3S/c1-8-12(16)4-10(15)5-14(8)21(19,20)17-6-9-2-3-13(18)11(9)7-17/h4-5,9,11,13,18H,2-3,6-7,16H2,1H3. The van der Waals surface area contributed by atoms with Crippen molar-refractivity contribution in [1.29, 1.82) is 0 Å². The van der Waals surface area contributed by atoms with Crippen molar-refractivity contribution in [3.63, 3.8) is 0 Å². The first kappa shape index (κ1) is 15.3. The average Bonchev–Trinajstić information content (AvgIpc) is 2.97. The SMILES string of the molecule is Cc1c(N)cc(Br)cc1S(=O)(=O)N1CC2CCC(O)C2C1. The number of anilines is 1. The largest absolute Gasteiger partial charge is 0.398 e. The van der Waals surface area contributed by atoms with Crippen LogP contribution >= 0.6 is 15.9 Å². The molecule has 5 nitrogen and oxygen atoms in total. The summed E-state index contributed by atoms with van der Waals surface area (Å²) in [5.41, 5.74) is 6.92. The highest BCUT2D eigenvalue weighted by atomic mass is 79.9. The summed E-state index contributed by atoms with van der Waals surface area (Å²) in [5.74, 6) is 0.351. The lowest BCUT2D eigenvalue weighted by Crippen LogP contribution is -2.31. The third kappa shape index (κ3) is 2.50. The lowest BCUT2D eigenvalue weighted by Gasteiger charge is -2.20. The smallest absolute Gasteiger partial charge is 0.243 e. The van der Waals surface area contributed by atoms with Crippen LogP contribution in [0.15, 0.2) is 21.5 Å². The Hall–Kier alpha value is -0.630. The van der Waals surface area contributed by atoms with E-state index in [1.165, 1.54) is 4.31 Å². The zero-order valence-corrected chi connectivity index (χ0v) is 14.2. The van der Waals surface area contributed by atoms with Crippen LogP contribution in [0.4, 0.5) is 5.69 Å². The third-order valence-corrected chi connectivity index (χ3v) is 7.18. The summed E-state index contributed by atoms with van der Waals surface area (Å²) in [4.78, 5) is 0.254. The molecule has 2 aliphatic rings. The van der Waals surface area contributed by atoms with Crippen LogP contribution in [0.2, 0.25) is 0 Å². The van der Waals surface area contributed by atoms with Gasteiger partial charge in [-0.1, -0.05) is 15.9 Å². The molecule has 1 heterocycles. The second kappa shape index (κ2) is 5.22. The molecule has 0 aromatic heterocycles. The number of hydrogen-bond acceptors (Lipinski definition) is 4. The molecule has 3 N–H and O–H groups in total. The Morgan fingerprint density at radius 1 is 1.33 bits per heavy atom. The van der Waals surface area contributed by atoms with Crippen LogP contribution in [-0.4, -0.2) is 37.0 Å². The topological polar surface area (TPSA) is 83.6 Å². The van der Waals surface area contributed by atoms with Crippen LogP contribution in [0, 0.1) is 18.8 Å². The van der Waals surface area contributed by atoms with Gasteiger partial charge in [0.2, 0.25) is 10.0 Å². The Morgan fingerprint density at radius 3 is 2.71 bits per heavy atom. The van der Waals surface area contributed by atoms with Gasteiger partial charge in [0.05, 0.1) is 11.0 Å². The van der Waals surface area contributed by atoms with Crippen LogP contribution in [0.25, 0.3) is 0 Å². The minimum atomic E-state index is -3.57. The van der Waals surface area contributed by atoms with Crippen molar-refractivity contribution in [3.8, 4) is 0 Å². The summed E-state index contributed by atoms with van der Waals surface area (Å²) in [6, 6.07) is 3.31. The molecule has 1 aromatic rings. The molecule has 21 heavy (non-hydrogen) atoms. The van der Waals surface area contributed by atoms with E-state index >= 15 is 0 Å². The molecule has 3 atom stereocenters. The molecule has 3 unspecified atom stereocenters. The number of nitrogens with two attached hydrogens (primary N) is 1. The van der Waals surface area contributed by atoms with Gasteiger partial charge in [0, 0.05) is 29.2 Å². The summed E-state index contributed by atoms with van der Waals surface area (Å²) in [6.07, 6.45) is 1.31.